The van der Waals surface area contributed by atoms with Crippen molar-refractivity contribution in [1.82, 2.24) is 10.2 Å². The first-order chi connectivity index (χ1) is 18.8. The number of ether oxygens (including phenoxy) is 4. The first kappa shape index (κ1) is 32.1. The van der Waals surface area contributed by atoms with Gasteiger partial charge < -0.3 is 24.7 Å². The summed E-state index contributed by atoms with van der Waals surface area (Å²) < 4.78 is 85.8. The zero-order valence-electron chi connectivity index (χ0n) is 21.2. The van der Waals surface area contributed by atoms with Crippen molar-refractivity contribution in [2.75, 3.05) is 27.4 Å². The molecule has 13 nitrogen and oxygen atoms in total. The summed E-state index contributed by atoms with van der Waals surface area (Å²) in [5.74, 6) is -4.57. The molecule has 0 heterocycles. The average Bonchev–Trinajstić information content (AvgIpc) is 2.89. The number of hydroxylamine groups is 1. The second-order valence-corrected chi connectivity index (χ2v) is 9.49. The van der Waals surface area contributed by atoms with E-state index in [4.69, 9.17) is 30.2 Å². The fourth-order valence-electron chi connectivity index (χ4n) is 3.05. The van der Waals surface area contributed by atoms with Crippen molar-refractivity contribution in [3.63, 3.8) is 0 Å². The Morgan fingerprint density at radius 2 is 1.68 bits per heavy atom. The van der Waals surface area contributed by atoms with Crippen LogP contribution >= 0.6 is 0 Å². The van der Waals surface area contributed by atoms with Gasteiger partial charge in [-0.3, -0.25) is 10.2 Å². The summed E-state index contributed by atoms with van der Waals surface area (Å²) >= 11 is 0. The van der Waals surface area contributed by atoms with Gasteiger partial charge in [0.2, 0.25) is 16.0 Å². The number of methoxy groups -OCH3 is 2. The quantitative estimate of drug-likeness (QED) is 0.0620. The van der Waals surface area contributed by atoms with Gasteiger partial charge >= 0.3 is 18.1 Å². The number of carbonyl (C=O) groups excluding carboxylic acids is 2. The third-order valence-corrected chi connectivity index (χ3v) is 6.36. The zero-order valence-corrected chi connectivity index (χ0v) is 22.1. The van der Waals surface area contributed by atoms with E-state index in [-0.39, 0.29) is 30.7 Å². The summed E-state index contributed by atoms with van der Waals surface area (Å²) in [6.07, 6.45) is -5.54. The summed E-state index contributed by atoms with van der Waals surface area (Å²) in [7, 11) is -2.15. The first-order valence-corrected chi connectivity index (χ1v) is 12.8. The number of sulfonamides is 1. The lowest BCUT2D eigenvalue weighted by molar-refractivity contribution is -0.202. The summed E-state index contributed by atoms with van der Waals surface area (Å²) in [5.41, 5.74) is 7.52. The highest BCUT2D eigenvalue weighted by Gasteiger charge is 2.44. The van der Waals surface area contributed by atoms with Crippen LogP contribution in [0.3, 0.4) is 0 Å². The third kappa shape index (κ3) is 9.90. The highest BCUT2D eigenvalue weighted by atomic mass is 32.2. The Kier molecular flexibility index (Phi) is 11.5. The molecular formula is C23H27F3N4O9S. The van der Waals surface area contributed by atoms with Gasteiger partial charge in [0.15, 0.2) is 0 Å². The largest absolute Gasteiger partial charge is 0.497 e. The van der Waals surface area contributed by atoms with Gasteiger partial charge in [0.1, 0.15) is 28.2 Å². The maximum absolute atomic E-state index is 13.1. The van der Waals surface area contributed by atoms with E-state index in [9.17, 15) is 31.2 Å². The van der Waals surface area contributed by atoms with Crippen LogP contribution in [0, 0.1) is 5.41 Å². The van der Waals surface area contributed by atoms with Gasteiger partial charge in [-0.2, -0.15) is 17.9 Å². The Bertz CT molecular complexity index is 1290. The van der Waals surface area contributed by atoms with Crippen molar-refractivity contribution in [1.29, 1.82) is 5.41 Å². The number of halogens is 3. The lowest BCUT2D eigenvalue weighted by Gasteiger charge is -2.19. The number of guanidine groups is 1. The van der Waals surface area contributed by atoms with Crippen molar-refractivity contribution in [3.05, 3.63) is 48.0 Å². The summed E-state index contributed by atoms with van der Waals surface area (Å²) in [6, 6.07) is 7.66. The average molecular weight is 593 g/mol. The number of nitrogens with one attached hydrogen (secondary N) is 3. The molecule has 0 spiro atoms. The standard InChI is InChI=1S/C23H27F3N4O9S/c1-35-16-8-9-18(36-2)19(13-16)40(33,34)30-17(20(31)39-21(32)23(24,25)26)12-14-4-6-15(7-5-14)37-10-3-11-38-29-22(27)28/h4-9,13,17,30H,3,10-12H2,1-2H3,(H4,27,28,29)/t17-/m0/s1. The van der Waals surface area contributed by atoms with Gasteiger partial charge in [0.25, 0.3) is 0 Å². The van der Waals surface area contributed by atoms with E-state index in [2.05, 4.69) is 10.2 Å². The fourth-order valence-corrected chi connectivity index (χ4v) is 4.41. The van der Waals surface area contributed by atoms with E-state index < -0.39 is 45.5 Å². The Hall–Kier alpha value is -4.09. The Morgan fingerprint density at radius 3 is 2.25 bits per heavy atom. The maximum atomic E-state index is 13.1. The van der Waals surface area contributed by atoms with E-state index in [1.807, 2.05) is 4.72 Å². The van der Waals surface area contributed by atoms with Crippen LogP contribution in [0.25, 0.3) is 0 Å². The Balaban J connectivity index is 2.21. The molecule has 0 saturated carbocycles. The van der Waals surface area contributed by atoms with Gasteiger partial charge in [0.05, 0.1) is 27.4 Å². The number of benzene rings is 2. The zero-order chi connectivity index (χ0) is 29.9. The number of alkyl halides is 3. The normalized spacial score (nSPS) is 12.2. The van der Waals surface area contributed by atoms with Crippen molar-refractivity contribution >= 4 is 27.9 Å². The second kappa shape index (κ2) is 14.3. The number of esters is 2. The van der Waals surface area contributed by atoms with Crippen LogP contribution in [0.5, 0.6) is 17.2 Å². The third-order valence-electron chi connectivity index (χ3n) is 4.87. The molecule has 0 amide bonds. The minimum atomic E-state index is -5.48. The van der Waals surface area contributed by atoms with Crippen molar-refractivity contribution in [2.45, 2.75) is 30.0 Å². The van der Waals surface area contributed by atoms with Gasteiger partial charge in [0, 0.05) is 12.5 Å². The van der Waals surface area contributed by atoms with Crippen LogP contribution in [-0.2, 0) is 35.6 Å². The molecule has 0 aliphatic heterocycles. The molecule has 0 fully saturated rings. The van der Waals surface area contributed by atoms with Crippen LogP contribution in [0.4, 0.5) is 13.2 Å². The van der Waals surface area contributed by atoms with Crippen LogP contribution in [0.1, 0.15) is 12.0 Å². The fraction of sp³-hybridized carbons (Fsp3) is 0.348. The van der Waals surface area contributed by atoms with Gasteiger partial charge in [-0.05, 0) is 36.2 Å². The van der Waals surface area contributed by atoms with Gasteiger partial charge in [-0.1, -0.05) is 12.1 Å². The molecule has 0 unspecified atom stereocenters. The van der Waals surface area contributed by atoms with Gasteiger partial charge in [-0.25, -0.2) is 23.5 Å². The Morgan fingerprint density at radius 1 is 1.02 bits per heavy atom. The molecular weight excluding hydrogens is 565 g/mol. The van der Waals surface area contributed by atoms with Crippen LogP contribution in [0.15, 0.2) is 47.4 Å². The summed E-state index contributed by atoms with van der Waals surface area (Å²) in [4.78, 5) is 28.2. The van der Waals surface area contributed by atoms with E-state index in [0.29, 0.717) is 17.7 Å². The number of carbonyl (C=O) groups is 2. The Labute approximate surface area is 227 Å². The molecule has 0 radical (unpaired) electrons. The first-order valence-electron chi connectivity index (χ1n) is 11.3. The molecule has 2 aromatic carbocycles. The molecule has 1 atom stereocenters. The lowest BCUT2D eigenvalue weighted by atomic mass is 10.1. The number of rotatable bonds is 14. The maximum Gasteiger partial charge on any atom is 0.491 e. The van der Waals surface area contributed by atoms with Crippen molar-refractivity contribution in [3.8, 4) is 17.2 Å². The van der Waals surface area contributed by atoms with Crippen molar-refractivity contribution in [2.24, 2.45) is 5.73 Å². The van der Waals surface area contributed by atoms with Crippen LogP contribution < -0.4 is 30.1 Å². The topological polar surface area (TPSA) is 188 Å². The molecule has 220 valence electrons. The highest BCUT2D eigenvalue weighted by Crippen LogP contribution is 2.28. The minimum absolute atomic E-state index is 0.116. The van der Waals surface area contributed by atoms with Crippen molar-refractivity contribution < 1.29 is 55.0 Å². The molecule has 0 saturated heterocycles. The monoisotopic (exact) mass is 592 g/mol. The smallest absolute Gasteiger partial charge is 0.491 e. The molecule has 0 aliphatic rings. The summed E-state index contributed by atoms with van der Waals surface area (Å²) in [6.45, 7) is 0.409. The lowest BCUT2D eigenvalue weighted by Crippen LogP contribution is -2.45. The van der Waals surface area contributed by atoms with E-state index in [1.54, 1.807) is 0 Å². The molecule has 0 aliphatic carbocycles. The minimum Gasteiger partial charge on any atom is -0.497 e. The molecule has 0 aromatic heterocycles. The summed E-state index contributed by atoms with van der Waals surface area (Å²) in [5, 5.41) is 6.96. The van der Waals surface area contributed by atoms with E-state index >= 15 is 0 Å². The number of nitrogens with two attached hydrogens (primary N) is 1. The molecule has 40 heavy (non-hydrogen) atoms. The predicted molar refractivity (Wildman–Crippen MR) is 132 cm³/mol. The van der Waals surface area contributed by atoms with E-state index in [1.165, 1.54) is 50.6 Å². The van der Waals surface area contributed by atoms with E-state index in [0.717, 1.165) is 6.07 Å². The van der Waals surface area contributed by atoms with Crippen LogP contribution in [0.2, 0.25) is 0 Å². The van der Waals surface area contributed by atoms with Crippen LogP contribution in [-0.4, -0.2) is 66.0 Å². The molecule has 2 rings (SSSR count). The van der Waals surface area contributed by atoms with Gasteiger partial charge in [-0.15, -0.1) is 0 Å². The number of hydrogen-bond acceptors (Lipinski definition) is 10. The highest BCUT2D eigenvalue weighted by molar-refractivity contribution is 7.89. The number of hydrogen-bond donors (Lipinski definition) is 4. The predicted octanol–water partition coefficient (Wildman–Crippen LogP) is 1.41. The molecule has 2 aromatic rings. The molecule has 5 N–H and O–H groups in total. The SMILES string of the molecule is COc1ccc(OC)c(S(=O)(=O)N[C@@H](Cc2ccc(OCCCONC(=N)N)cc2)C(=O)OC(=O)C(F)(F)F)c1. The molecule has 17 heteroatoms. The second-order valence-electron chi connectivity index (χ2n) is 7.81. The molecule has 0 bridgehead atoms.